The van der Waals surface area contributed by atoms with Crippen LogP contribution in [0.25, 0.3) is 11.3 Å². The van der Waals surface area contributed by atoms with Crippen molar-refractivity contribution in [2.45, 2.75) is 0 Å². The molecular weight excluding hydrogens is 241 g/mol. The molecular formula is C12H7ClFN3. The highest BCUT2D eigenvalue weighted by molar-refractivity contribution is 6.33. The molecule has 0 fully saturated rings. The Bertz CT molecular complexity index is 620. The van der Waals surface area contributed by atoms with Gasteiger partial charge in [0, 0.05) is 5.56 Å². The lowest BCUT2D eigenvalue weighted by molar-refractivity contribution is 0.630. The fourth-order valence-electron chi connectivity index (χ4n) is 1.43. The highest BCUT2D eigenvalue weighted by Gasteiger charge is 2.11. The molecule has 0 saturated carbocycles. The molecule has 0 radical (unpaired) electrons. The van der Waals surface area contributed by atoms with Gasteiger partial charge in [0.25, 0.3) is 0 Å². The van der Waals surface area contributed by atoms with Gasteiger partial charge in [-0.2, -0.15) is 5.26 Å². The van der Waals surface area contributed by atoms with Gasteiger partial charge in [-0.25, -0.2) is 4.39 Å². The number of nitrogens with zero attached hydrogens (tertiary/aromatic N) is 2. The Morgan fingerprint density at radius 1 is 1.35 bits per heavy atom. The normalized spacial score (nSPS) is 9.94. The molecule has 0 unspecified atom stereocenters. The first-order valence-corrected chi connectivity index (χ1v) is 5.10. The maximum Gasteiger partial charge on any atom is 0.133 e. The molecule has 2 rings (SSSR count). The summed E-state index contributed by atoms with van der Waals surface area (Å²) in [7, 11) is 0. The number of nitrogen functional groups attached to an aromatic ring is 1. The van der Waals surface area contributed by atoms with Crippen molar-refractivity contribution in [2.75, 3.05) is 5.73 Å². The molecule has 0 aliphatic carbocycles. The Hall–Kier alpha value is -2.12. The van der Waals surface area contributed by atoms with E-state index in [1.165, 1.54) is 24.4 Å². The Kier molecular flexibility index (Phi) is 2.94. The number of hydrogen-bond acceptors (Lipinski definition) is 3. The van der Waals surface area contributed by atoms with E-state index in [-0.39, 0.29) is 16.1 Å². The van der Waals surface area contributed by atoms with Gasteiger partial charge in [-0.15, -0.1) is 0 Å². The minimum Gasteiger partial charge on any atom is -0.397 e. The average Bonchev–Trinajstić information content (AvgIpc) is 2.30. The van der Waals surface area contributed by atoms with Gasteiger partial charge in [-0.3, -0.25) is 4.98 Å². The van der Waals surface area contributed by atoms with E-state index in [1.807, 2.05) is 6.07 Å². The van der Waals surface area contributed by atoms with Crippen LogP contribution in [-0.2, 0) is 0 Å². The minimum atomic E-state index is -0.539. The third-order valence-corrected chi connectivity index (χ3v) is 2.50. The molecule has 5 heteroatoms. The predicted molar refractivity (Wildman–Crippen MR) is 63.8 cm³/mol. The highest BCUT2D eigenvalue weighted by atomic mass is 35.5. The molecule has 1 aromatic heterocycles. The summed E-state index contributed by atoms with van der Waals surface area (Å²) in [6, 6.07) is 7.48. The number of hydrogen-bond donors (Lipinski definition) is 1. The summed E-state index contributed by atoms with van der Waals surface area (Å²) in [6.45, 7) is 0. The zero-order valence-electron chi connectivity index (χ0n) is 8.61. The monoisotopic (exact) mass is 247 g/mol. The van der Waals surface area contributed by atoms with E-state index < -0.39 is 5.82 Å². The fourth-order valence-corrected chi connectivity index (χ4v) is 1.70. The van der Waals surface area contributed by atoms with E-state index in [1.54, 1.807) is 0 Å². The molecule has 3 nitrogen and oxygen atoms in total. The van der Waals surface area contributed by atoms with Gasteiger partial charge in [-0.05, 0) is 24.3 Å². The standard InChI is InChI=1S/C12H7ClFN3/c13-10-4-8(16)6-17-12(10)9-2-1-7(5-15)3-11(9)14/h1-4,6H,16H2. The quantitative estimate of drug-likeness (QED) is 0.843. The Morgan fingerprint density at radius 3 is 2.71 bits per heavy atom. The number of halogens is 2. The number of aromatic nitrogens is 1. The smallest absolute Gasteiger partial charge is 0.133 e. The Morgan fingerprint density at radius 2 is 2.12 bits per heavy atom. The summed E-state index contributed by atoms with van der Waals surface area (Å²) >= 11 is 5.94. The number of anilines is 1. The van der Waals surface area contributed by atoms with Crippen LogP contribution in [0, 0.1) is 17.1 Å². The second-order valence-electron chi connectivity index (χ2n) is 3.41. The van der Waals surface area contributed by atoms with E-state index in [9.17, 15) is 4.39 Å². The van der Waals surface area contributed by atoms with Crippen LogP contribution >= 0.6 is 11.6 Å². The van der Waals surface area contributed by atoms with Gasteiger partial charge >= 0.3 is 0 Å². The first-order chi connectivity index (χ1) is 8.11. The van der Waals surface area contributed by atoms with Crippen LogP contribution in [0.3, 0.4) is 0 Å². The summed E-state index contributed by atoms with van der Waals surface area (Å²) in [5.74, 6) is -0.539. The molecule has 0 spiro atoms. The zero-order chi connectivity index (χ0) is 12.4. The Balaban J connectivity index is 2.58. The molecule has 0 aliphatic heterocycles. The lowest BCUT2D eigenvalue weighted by Gasteiger charge is -2.05. The van der Waals surface area contributed by atoms with Crippen molar-refractivity contribution in [1.82, 2.24) is 4.98 Å². The van der Waals surface area contributed by atoms with E-state index in [0.29, 0.717) is 11.4 Å². The number of rotatable bonds is 1. The zero-order valence-corrected chi connectivity index (χ0v) is 9.37. The van der Waals surface area contributed by atoms with Gasteiger partial charge in [-0.1, -0.05) is 11.6 Å². The van der Waals surface area contributed by atoms with Crippen LogP contribution in [0.1, 0.15) is 5.56 Å². The third-order valence-electron chi connectivity index (χ3n) is 2.22. The predicted octanol–water partition coefficient (Wildman–Crippen LogP) is 2.99. The van der Waals surface area contributed by atoms with Crippen LogP contribution in [0.2, 0.25) is 5.02 Å². The van der Waals surface area contributed by atoms with Crippen molar-refractivity contribution < 1.29 is 4.39 Å². The van der Waals surface area contributed by atoms with Crippen molar-refractivity contribution in [3.8, 4) is 17.3 Å². The number of benzene rings is 1. The molecule has 2 aromatic rings. The number of nitriles is 1. The molecule has 1 aromatic carbocycles. The van der Waals surface area contributed by atoms with Crippen LogP contribution in [0.5, 0.6) is 0 Å². The van der Waals surface area contributed by atoms with Gasteiger partial charge in [0.05, 0.1) is 34.2 Å². The van der Waals surface area contributed by atoms with Crippen molar-refractivity contribution in [3.63, 3.8) is 0 Å². The highest BCUT2D eigenvalue weighted by Crippen LogP contribution is 2.29. The van der Waals surface area contributed by atoms with E-state index >= 15 is 0 Å². The lowest BCUT2D eigenvalue weighted by atomic mass is 10.1. The third kappa shape index (κ3) is 2.19. The summed E-state index contributed by atoms with van der Waals surface area (Å²) in [4.78, 5) is 3.98. The largest absolute Gasteiger partial charge is 0.397 e. The van der Waals surface area contributed by atoms with Crippen LogP contribution < -0.4 is 5.73 Å². The Labute approximate surface area is 102 Å². The van der Waals surface area contributed by atoms with Crippen LogP contribution in [0.4, 0.5) is 10.1 Å². The number of nitrogens with two attached hydrogens (primary N) is 1. The van der Waals surface area contributed by atoms with Gasteiger partial charge in [0.1, 0.15) is 5.82 Å². The first kappa shape index (κ1) is 11.4. The van der Waals surface area contributed by atoms with Gasteiger partial charge in [0.15, 0.2) is 0 Å². The maximum absolute atomic E-state index is 13.7. The van der Waals surface area contributed by atoms with Crippen molar-refractivity contribution in [3.05, 3.63) is 46.9 Å². The van der Waals surface area contributed by atoms with E-state index in [0.717, 1.165) is 6.07 Å². The van der Waals surface area contributed by atoms with Crippen LogP contribution in [-0.4, -0.2) is 4.98 Å². The summed E-state index contributed by atoms with van der Waals surface area (Å²) in [5.41, 5.74) is 6.72. The maximum atomic E-state index is 13.7. The average molecular weight is 248 g/mol. The lowest BCUT2D eigenvalue weighted by Crippen LogP contribution is -1.93. The van der Waals surface area contributed by atoms with Gasteiger partial charge in [0.2, 0.25) is 0 Å². The molecule has 0 atom stereocenters. The fraction of sp³-hybridized carbons (Fsp3) is 0. The SMILES string of the molecule is N#Cc1ccc(-c2ncc(N)cc2Cl)c(F)c1. The number of pyridine rings is 1. The topological polar surface area (TPSA) is 62.7 Å². The molecule has 84 valence electrons. The van der Waals surface area contributed by atoms with Crippen LogP contribution in [0.15, 0.2) is 30.5 Å². The molecule has 17 heavy (non-hydrogen) atoms. The first-order valence-electron chi connectivity index (χ1n) is 4.73. The molecule has 1 heterocycles. The minimum absolute atomic E-state index is 0.244. The van der Waals surface area contributed by atoms with E-state index in [2.05, 4.69) is 4.98 Å². The molecule has 0 amide bonds. The van der Waals surface area contributed by atoms with Gasteiger partial charge < -0.3 is 5.73 Å². The van der Waals surface area contributed by atoms with Crippen molar-refractivity contribution >= 4 is 17.3 Å². The second kappa shape index (κ2) is 4.40. The molecule has 2 N–H and O–H groups in total. The second-order valence-corrected chi connectivity index (χ2v) is 3.81. The van der Waals surface area contributed by atoms with Crippen molar-refractivity contribution in [1.29, 1.82) is 5.26 Å². The molecule has 0 bridgehead atoms. The van der Waals surface area contributed by atoms with Crippen molar-refractivity contribution in [2.24, 2.45) is 0 Å². The molecule has 0 aliphatic rings. The summed E-state index contributed by atoms with van der Waals surface area (Å²) in [5, 5.41) is 8.91. The summed E-state index contributed by atoms with van der Waals surface area (Å²) < 4.78 is 13.7. The molecule has 0 saturated heterocycles. The van der Waals surface area contributed by atoms with E-state index in [4.69, 9.17) is 22.6 Å². The summed E-state index contributed by atoms with van der Waals surface area (Å²) in [6.07, 6.45) is 1.40.